The highest BCUT2D eigenvalue weighted by molar-refractivity contribution is 5.99. The van der Waals surface area contributed by atoms with Gasteiger partial charge in [0, 0.05) is 10.9 Å². The maximum atomic E-state index is 12.0. The van der Waals surface area contributed by atoms with Crippen molar-refractivity contribution in [2.75, 3.05) is 12.3 Å². The fourth-order valence-corrected chi connectivity index (χ4v) is 1.76. The molecular formula is C13H16N4O2. The molecule has 1 heterocycles. The number of aliphatic hydroxyl groups is 1. The molecule has 1 amide bonds. The zero-order valence-corrected chi connectivity index (χ0v) is 10.6. The van der Waals surface area contributed by atoms with Crippen molar-refractivity contribution in [2.24, 2.45) is 0 Å². The van der Waals surface area contributed by atoms with Crippen LogP contribution in [0.5, 0.6) is 0 Å². The first-order valence-corrected chi connectivity index (χ1v) is 6.07. The van der Waals surface area contributed by atoms with Gasteiger partial charge in [-0.2, -0.15) is 0 Å². The highest BCUT2D eigenvalue weighted by Gasteiger charge is 2.12. The zero-order chi connectivity index (χ0) is 13.8. The number of rotatable bonds is 4. The lowest BCUT2D eigenvalue weighted by Gasteiger charge is -2.14. The Balaban J connectivity index is 2.28. The summed E-state index contributed by atoms with van der Waals surface area (Å²) in [4.78, 5) is 20.0. The van der Waals surface area contributed by atoms with Crippen molar-refractivity contribution in [3.63, 3.8) is 0 Å². The summed E-state index contributed by atoms with van der Waals surface area (Å²) in [5, 5.41) is 12.5. The molecule has 0 saturated heterocycles. The second kappa shape index (κ2) is 5.62. The zero-order valence-electron chi connectivity index (χ0n) is 10.6. The van der Waals surface area contributed by atoms with Crippen LogP contribution < -0.4 is 11.1 Å². The van der Waals surface area contributed by atoms with Crippen molar-refractivity contribution in [3.05, 3.63) is 30.1 Å². The largest absolute Gasteiger partial charge is 0.394 e. The van der Waals surface area contributed by atoms with Crippen molar-refractivity contribution in [1.29, 1.82) is 0 Å². The molecule has 0 bridgehead atoms. The van der Waals surface area contributed by atoms with Gasteiger partial charge < -0.3 is 16.2 Å². The summed E-state index contributed by atoms with van der Waals surface area (Å²) in [6.45, 7) is 1.82. The number of aromatic nitrogens is 2. The summed E-state index contributed by atoms with van der Waals surface area (Å²) in [6, 6.07) is 4.81. The number of nitrogen functional groups attached to an aromatic ring is 1. The van der Waals surface area contributed by atoms with E-state index in [0.29, 0.717) is 28.7 Å². The standard InChI is InChI=1S/C13H16N4O2/c1-2-9(6-18)17-13(19)8-3-4-10-11(5-8)15-7-16-12(10)14/h3-5,7,9,18H,2,6H2,1H3,(H,17,19)(H2,14,15,16)/t9-/m1/s1. The highest BCUT2D eigenvalue weighted by atomic mass is 16.3. The van der Waals surface area contributed by atoms with Crippen molar-refractivity contribution < 1.29 is 9.90 Å². The lowest BCUT2D eigenvalue weighted by molar-refractivity contribution is 0.0915. The number of nitrogens with one attached hydrogen (secondary N) is 1. The molecule has 0 fully saturated rings. The first kappa shape index (κ1) is 13.2. The van der Waals surface area contributed by atoms with E-state index in [-0.39, 0.29) is 18.6 Å². The molecule has 4 N–H and O–H groups in total. The van der Waals surface area contributed by atoms with Crippen molar-refractivity contribution in [3.8, 4) is 0 Å². The fourth-order valence-electron chi connectivity index (χ4n) is 1.76. The second-order valence-corrected chi connectivity index (χ2v) is 4.25. The number of carbonyl (C=O) groups is 1. The number of anilines is 1. The molecule has 19 heavy (non-hydrogen) atoms. The quantitative estimate of drug-likeness (QED) is 0.751. The van der Waals surface area contributed by atoms with Gasteiger partial charge in [0.25, 0.3) is 5.91 Å². The van der Waals surface area contributed by atoms with Gasteiger partial charge in [-0.15, -0.1) is 0 Å². The van der Waals surface area contributed by atoms with Gasteiger partial charge in [0.1, 0.15) is 12.1 Å². The number of nitrogens with two attached hydrogens (primary N) is 1. The number of hydrogen-bond acceptors (Lipinski definition) is 5. The lowest BCUT2D eigenvalue weighted by atomic mass is 10.1. The van der Waals surface area contributed by atoms with Crippen molar-refractivity contribution >= 4 is 22.6 Å². The molecule has 6 nitrogen and oxygen atoms in total. The number of fused-ring (bicyclic) bond motifs is 1. The molecule has 2 aromatic rings. The second-order valence-electron chi connectivity index (χ2n) is 4.25. The summed E-state index contributed by atoms with van der Waals surface area (Å²) in [5.74, 6) is 0.152. The van der Waals surface area contributed by atoms with Gasteiger partial charge in [-0.25, -0.2) is 9.97 Å². The van der Waals surface area contributed by atoms with E-state index in [1.54, 1.807) is 18.2 Å². The van der Waals surface area contributed by atoms with Crippen LogP contribution in [0, 0.1) is 0 Å². The van der Waals surface area contributed by atoms with Gasteiger partial charge >= 0.3 is 0 Å². The van der Waals surface area contributed by atoms with Crippen LogP contribution >= 0.6 is 0 Å². The van der Waals surface area contributed by atoms with Crippen LogP contribution in [-0.2, 0) is 0 Å². The van der Waals surface area contributed by atoms with Crippen LogP contribution in [0.4, 0.5) is 5.82 Å². The predicted octanol–water partition coefficient (Wildman–Crippen LogP) is 0.713. The lowest BCUT2D eigenvalue weighted by Crippen LogP contribution is -2.36. The number of aliphatic hydroxyl groups excluding tert-OH is 1. The smallest absolute Gasteiger partial charge is 0.251 e. The van der Waals surface area contributed by atoms with E-state index in [1.165, 1.54) is 6.33 Å². The molecule has 0 unspecified atom stereocenters. The Hall–Kier alpha value is -2.21. The Kier molecular flexibility index (Phi) is 3.91. The van der Waals surface area contributed by atoms with E-state index in [9.17, 15) is 4.79 Å². The number of nitrogens with zero attached hydrogens (tertiary/aromatic N) is 2. The van der Waals surface area contributed by atoms with E-state index in [1.807, 2.05) is 6.92 Å². The van der Waals surface area contributed by atoms with E-state index < -0.39 is 0 Å². The molecule has 0 radical (unpaired) electrons. The van der Waals surface area contributed by atoms with Gasteiger partial charge in [0.15, 0.2) is 0 Å². The summed E-state index contributed by atoms with van der Waals surface area (Å²) >= 11 is 0. The fraction of sp³-hybridized carbons (Fsp3) is 0.308. The van der Waals surface area contributed by atoms with Gasteiger partial charge in [-0.05, 0) is 24.6 Å². The molecule has 0 spiro atoms. The summed E-state index contributed by atoms with van der Waals surface area (Å²) in [6.07, 6.45) is 2.03. The van der Waals surface area contributed by atoms with Gasteiger partial charge in [-0.1, -0.05) is 6.92 Å². The first-order valence-electron chi connectivity index (χ1n) is 6.07. The molecular weight excluding hydrogens is 244 g/mol. The summed E-state index contributed by atoms with van der Waals surface area (Å²) < 4.78 is 0. The average Bonchev–Trinajstić information content (AvgIpc) is 2.44. The maximum absolute atomic E-state index is 12.0. The Morgan fingerprint density at radius 1 is 1.47 bits per heavy atom. The summed E-state index contributed by atoms with van der Waals surface area (Å²) in [5.41, 5.74) is 6.83. The molecule has 1 aromatic carbocycles. The molecule has 2 rings (SSSR count). The third kappa shape index (κ3) is 2.79. The maximum Gasteiger partial charge on any atom is 0.251 e. The number of amides is 1. The van der Waals surface area contributed by atoms with Gasteiger partial charge in [-0.3, -0.25) is 4.79 Å². The molecule has 1 aromatic heterocycles. The van der Waals surface area contributed by atoms with Gasteiger partial charge in [0.2, 0.25) is 0 Å². The third-order valence-electron chi connectivity index (χ3n) is 2.98. The third-order valence-corrected chi connectivity index (χ3v) is 2.98. The molecule has 6 heteroatoms. The summed E-state index contributed by atoms with van der Waals surface area (Å²) in [7, 11) is 0. The minimum absolute atomic E-state index is 0.0784. The normalized spacial score (nSPS) is 12.3. The molecule has 0 saturated carbocycles. The molecule has 100 valence electrons. The van der Waals surface area contributed by atoms with Gasteiger partial charge in [0.05, 0.1) is 18.2 Å². The number of benzene rings is 1. The van der Waals surface area contributed by atoms with Crippen molar-refractivity contribution in [2.45, 2.75) is 19.4 Å². The molecule has 0 aliphatic heterocycles. The van der Waals surface area contributed by atoms with Crippen LogP contribution in [0.25, 0.3) is 10.9 Å². The highest BCUT2D eigenvalue weighted by Crippen LogP contribution is 2.17. The Bertz CT molecular complexity index is 596. The SMILES string of the molecule is CC[C@H](CO)NC(=O)c1ccc2c(N)ncnc2c1. The molecule has 0 aliphatic rings. The minimum atomic E-state index is -0.237. The van der Waals surface area contributed by atoms with E-state index >= 15 is 0 Å². The topological polar surface area (TPSA) is 101 Å². The monoisotopic (exact) mass is 260 g/mol. The van der Waals surface area contributed by atoms with E-state index in [2.05, 4.69) is 15.3 Å². The Labute approximate surface area is 110 Å². The molecule has 1 atom stereocenters. The van der Waals surface area contributed by atoms with Crippen LogP contribution in [0.2, 0.25) is 0 Å². The van der Waals surface area contributed by atoms with E-state index in [4.69, 9.17) is 10.8 Å². The van der Waals surface area contributed by atoms with Crippen LogP contribution in [0.15, 0.2) is 24.5 Å². The number of hydrogen-bond donors (Lipinski definition) is 3. The van der Waals surface area contributed by atoms with Crippen LogP contribution in [0.1, 0.15) is 23.7 Å². The average molecular weight is 260 g/mol. The first-order chi connectivity index (χ1) is 9.15. The Morgan fingerprint density at radius 3 is 2.95 bits per heavy atom. The number of carbonyl (C=O) groups excluding carboxylic acids is 1. The van der Waals surface area contributed by atoms with Crippen LogP contribution in [-0.4, -0.2) is 33.6 Å². The Morgan fingerprint density at radius 2 is 2.26 bits per heavy atom. The van der Waals surface area contributed by atoms with E-state index in [0.717, 1.165) is 0 Å². The van der Waals surface area contributed by atoms with Crippen molar-refractivity contribution in [1.82, 2.24) is 15.3 Å². The molecule has 0 aliphatic carbocycles. The predicted molar refractivity (Wildman–Crippen MR) is 72.6 cm³/mol. The van der Waals surface area contributed by atoms with Crippen LogP contribution in [0.3, 0.4) is 0 Å². The minimum Gasteiger partial charge on any atom is -0.394 e.